The average molecular weight is 320 g/mol. The van der Waals surface area contributed by atoms with Crippen LogP contribution in [0.5, 0.6) is 0 Å². The number of aromatic nitrogens is 2. The molecule has 0 spiro atoms. The van der Waals surface area contributed by atoms with E-state index in [4.69, 9.17) is 11.6 Å². The number of amides is 1. The van der Waals surface area contributed by atoms with Crippen LogP contribution >= 0.6 is 11.6 Å². The molecule has 1 aromatic heterocycles. The van der Waals surface area contributed by atoms with Crippen molar-refractivity contribution < 1.29 is 9.90 Å². The third-order valence-electron chi connectivity index (χ3n) is 3.21. The lowest BCUT2D eigenvalue weighted by atomic mass is 10.0. The molecule has 0 aliphatic heterocycles. The largest absolute Gasteiger partial charge is 0.465 e. The maximum atomic E-state index is 11.4. The van der Waals surface area contributed by atoms with Gasteiger partial charge in [-0.05, 0) is 26.3 Å². The molecule has 0 saturated heterocycles. The van der Waals surface area contributed by atoms with E-state index in [1.54, 1.807) is 12.4 Å². The summed E-state index contributed by atoms with van der Waals surface area (Å²) < 4.78 is 0. The lowest BCUT2D eigenvalue weighted by Crippen LogP contribution is -2.44. The second kappa shape index (κ2) is 6.32. The summed E-state index contributed by atoms with van der Waals surface area (Å²) in [5, 5.41) is 9.81. The van der Waals surface area contributed by atoms with Crippen LogP contribution in [0.25, 0.3) is 11.4 Å². The Labute approximate surface area is 134 Å². The standard InChI is InChI=1S/C16H18ClN3O2/c1-16(2,3)20(15(21)22)10-11-4-6-12(7-5-11)14-18-8-13(17)9-19-14/h4-9H,10H2,1-3H3,(H,21,22). The molecule has 116 valence electrons. The Kier molecular flexibility index (Phi) is 4.66. The first kappa shape index (κ1) is 16.2. The summed E-state index contributed by atoms with van der Waals surface area (Å²) in [6.45, 7) is 5.95. The summed E-state index contributed by atoms with van der Waals surface area (Å²) in [4.78, 5) is 21.1. The first-order valence-electron chi connectivity index (χ1n) is 6.85. The Morgan fingerprint density at radius 2 is 1.73 bits per heavy atom. The lowest BCUT2D eigenvalue weighted by Gasteiger charge is -2.33. The van der Waals surface area contributed by atoms with Crippen molar-refractivity contribution in [3.05, 3.63) is 47.2 Å². The Morgan fingerprint density at radius 1 is 1.18 bits per heavy atom. The lowest BCUT2D eigenvalue weighted by molar-refractivity contribution is 0.0955. The molecule has 0 saturated carbocycles. The van der Waals surface area contributed by atoms with Crippen molar-refractivity contribution in [3.63, 3.8) is 0 Å². The minimum atomic E-state index is -0.933. The van der Waals surface area contributed by atoms with Crippen molar-refractivity contribution in [1.29, 1.82) is 0 Å². The highest BCUT2D eigenvalue weighted by Gasteiger charge is 2.25. The number of benzene rings is 1. The Morgan fingerprint density at radius 3 is 2.18 bits per heavy atom. The van der Waals surface area contributed by atoms with Gasteiger partial charge in [0.25, 0.3) is 0 Å². The zero-order valence-electron chi connectivity index (χ0n) is 12.7. The molecule has 1 aromatic carbocycles. The van der Waals surface area contributed by atoms with Crippen molar-refractivity contribution >= 4 is 17.7 Å². The topological polar surface area (TPSA) is 66.3 Å². The van der Waals surface area contributed by atoms with Gasteiger partial charge in [-0.1, -0.05) is 35.9 Å². The summed E-state index contributed by atoms with van der Waals surface area (Å²) >= 11 is 5.77. The normalized spacial score (nSPS) is 11.3. The minimum absolute atomic E-state index is 0.334. The summed E-state index contributed by atoms with van der Waals surface area (Å²) in [7, 11) is 0. The molecule has 2 rings (SSSR count). The SMILES string of the molecule is CC(C)(C)N(Cc1ccc(-c2ncc(Cl)cn2)cc1)C(=O)O. The van der Waals surface area contributed by atoms with Crippen LogP contribution in [0.15, 0.2) is 36.7 Å². The van der Waals surface area contributed by atoms with Gasteiger partial charge in [0.15, 0.2) is 5.82 Å². The molecule has 6 heteroatoms. The fraction of sp³-hybridized carbons (Fsp3) is 0.312. The van der Waals surface area contributed by atoms with Crippen molar-refractivity contribution in [3.8, 4) is 11.4 Å². The van der Waals surface area contributed by atoms with Gasteiger partial charge in [0.05, 0.1) is 5.02 Å². The third-order valence-corrected chi connectivity index (χ3v) is 3.41. The van der Waals surface area contributed by atoms with Crippen LogP contribution in [0, 0.1) is 0 Å². The van der Waals surface area contributed by atoms with E-state index >= 15 is 0 Å². The van der Waals surface area contributed by atoms with Gasteiger partial charge in [-0.15, -0.1) is 0 Å². The molecule has 0 radical (unpaired) electrons. The summed E-state index contributed by atoms with van der Waals surface area (Å²) in [6.07, 6.45) is 2.16. The van der Waals surface area contributed by atoms with E-state index in [-0.39, 0.29) is 0 Å². The maximum Gasteiger partial charge on any atom is 0.408 e. The van der Waals surface area contributed by atoms with Crippen LogP contribution in [0.3, 0.4) is 0 Å². The highest BCUT2D eigenvalue weighted by atomic mass is 35.5. The molecule has 5 nitrogen and oxygen atoms in total. The Bertz CT molecular complexity index is 649. The van der Waals surface area contributed by atoms with E-state index in [9.17, 15) is 9.90 Å². The molecule has 0 unspecified atom stereocenters. The molecule has 22 heavy (non-hydrogen) atoms. The number of halogens is 1. The van der Waals surface area contributed by atoms with E-state index in [1.165, 1.54) is 4.90 Å². The van der Waals surface area contributed by atoms with Crippen LogP contribution in [0.4, 0.5) is 4.79 Å². The second-order valence-electron chi connectivity index (χ2n) is 5.96. The zero-order valence-corrected chi connectivity index (χ0v) is 13.5. The molecule has 2 aromatic rings. The smallest absolute Gasteiger partial charge is 0.408 e. The van der Waals surface area contributed by atoms with Gasteiger partial charge in [0.1, 0.15) is 0 Å². The first-order valence-corrected chi connectivity index (χ1v) is 7.22. The molecular weight excluding hydrogens is 302 g/mol. The Balaban J connectivity index is 2.18. The maximum absolute atomic E-state index is 11.4. The zero-order chi connectivity index (χ0) is 16.3. The molecule has 0 aliphatic carbocycles. The van der Waals surface area contributed by atoms with Crippen LogP contribution in [0.1, 0.15) is 26.3 Å². The van der Waals surface area contributed by atoms with Crippen molar-refractivity contribution in [2.45, 2.75) is 32.9 Å². The van der Waals surface area contributed by atoms with Crippen LogP contribution < -0.4 is 0 Å². The molecular formula is C16H18ClN3O2. The van der Waals surface area contributed by atoms with E-state index < -0.39 is 11.6 Å². The van der Waals surface area contributed by atoms with Crippen LogP contribution in [-0.2, 0) is 6.54 Å². The molecule has 0 fully saturated rings. The quantitative estimate of drug-likeness (QED) is 0.925. The highest BCUT2D eigenvalue weighted by Crippen LogP contribution is 2.20. The third kappa shape index (κ3) is 3.95. The minimum Gasteiger partial charge on any atom is -0.465 e. The van der Waals surface area contributed by atoms with E-state index in [0.29, 0.717) is 17.4 Å². The fourth-order valence-electron chi connectivity index (χ4n) is 1.99. The van der Waals surface area contributed by atoms with Gasteiger partial charge in [0, 0.05) is 30.0 Å². The fourth-order valence-corrected chi connectivity index (χ4v) is 2.09. The molecule has 1 amide bonds. The molecule has 1 heterocycles. The number of carbonyl (C=O) groups is 1. The predicted molar refractivity (Wildman–Crippen MR) is 85.8 cm³/mol. The molecule has 0 bridgehead atoms. The molecule has 1 N–H and O–H groups in total. The van der Waals surface area contributed by atoms with Crippen molar-refractivity contribution in [2.24, 2.45) is 0 Å². The number of hydrogen-bond acceptors (Lipinski definition) is 3. The van der Waals surface area contributed by atoms with Gasteiger partial charge in [0.2, 0.25) is 0 Å². The number of hydrogen-bond donors (Lipinski definition) is 1. The molecule has 0 aliphatic rings. The summed E-state index contributed by atoms with van der Waals surface area (Å²) in [5.41, 5.74) is 1.32. The van der Waals surface area contributed by atoms with E-state index in [2.05, 4.69) is 9.97 Å². The summed E-state index contributed by atoms with van der Waals surface area (Å²) in [6, 6.07) is 7.52. The van der Waals surface area contributed by atoms with Crippen LogP contribution in [-0.4, -0.2) is 31.6 Å². The van der Waals surface area contributed by atoms with Gasteiger partial charge in [-0.3, -0.25) is 4.90 Å². The average Bonchev–Trinajstić information content (AvgIpc) is 2.45. The van der Waals surface area contributed by atoms with Gasteiger partial charge in [-0.25, -0.2) is 14.8 Å². The number of nitrogens with zero attached hydrogens (tertiary/aromatic N) is 3. The highest BCUT2D eigenvalue weighted by molar-refractivity contribution is 6.30. The van der Waals surface area contributed by atoms with Gasteiger partial charge in [-0.2, -0.15) is 0 Å². The van der Waals surface area contributed by atoms with Crippen molar-refractivity contribution in [1.82, 2.24) is 14.9 Å². The van der Waals surface area contributed by atoms with Gasteiger partial charge >= 0.3 is 6.09 Å². The van der Waals surface area contributed by atoms with Crippen molar-refractivity contribution in [2.75, 3.05) is 0 Å². The van der Waals surface area contributed by atoms with E-state index in [1.807, 2.05) is 45.0 Å². The first-order chi connectivity index (χ1) is 10.3. The predicted octanol–water partition coefficient (Wildman–Crippen LogP) is 4.08. The number of rotatable bonds is 3. The monoisotopic (exact) mass is 319 g/mol. The van der Waals surface area contributed by atoms with E-state index in [0.717, 1.165) is 11.1 Å². The second-order valence-corrected chi connectivity index (χ2v) is 6.40. The Hall–Kier alpha value is -2.14. The molecule has 0 atom stereocenters. The summed E-state index contributed by atoms with van der Waals surface area (Å²) in [5.74, 6) is 0.585. The van der Waals surface area contributed by atoms with Crippen LogP contribution in [0.2, 0.25) is 5.02 Å². The number of carboxylic acid groups (broad SMARTS) is 1. The van der Waals surface area contributed by atoms with Gasteiger partial charge < -0.3 is 5.11 Å².